The van der Waals surface area contributed by atoms with Crippen LogP contribution in [0.4, 0.5) is 0 Å². The SMILES string of the molecule is CCOC(=O)C1=C(c2ccccc2)OC(c2cccnc2)OC1=O. The van der Waals surface area contributed by atoms with Crippen LogP contribution in [-0.2, 0) is 23.8 Å². The first-order chi connectivity index (χ1) is 11.7. The molecular weight excluding hydrogens is 310 g/mol. The van der Waals surface area contributed by atoms with Crippen molar-refractivity contribution in [2.45, 2.75) is 13.2 Å². The third kappa shape index (κ3) is 3.12. The number of rotatable bonds is 4. The first kappa shape index (κ1) is 15.7. The Morgan fingerprint density at radius 3 is 2.62 bits per heavy atom. The number of esters is 2. The van der Waals surface area contributed by atoms with Gasteiger partial charge in [0.25, 0.3) is 6.29 Å². The van der Waals surface area contributed by atoms with Crippen LogP contribution in [0.3, 0.4) is 0 Å². The molecular formula is C18H15NO5. The number of cyclic esters (lactones) is 1. The molecule has 3 rings (SSSR count). The summed E-state index contributed by atoms with van der Waals surface area (Å²) in [6.45, 7) is 1.80. The maximum Gasteiger partial charge on any atom is 0.352 e. The molecule has 0 saturated carbocycles. The van der Waals surface area contributed by atoms with Crippen LogP contribution in [0.1, 0.15) is 24.3 Å². The molecule has 6 nitrogen and oxygen atoms in total. The van der Waals surface area contributed by atoms with Gasteiger partial charge in [0.15, 0.2) is 11.3 Å². The lowest BCUT2D eigenvalue weighted by atomic mass is 10.1. The van der Waals surface area contributed by atoms with E-state index in [4.69, 9.17) is 14.2 Å². The monoisotopic (exact) mass is 325 g/mol. The van der Waals surface area contributed by atoms with Crippen molar-refractivity contribution < 1.29 is 23.8 Å². The Morgan fingerprint density at radius 1 is 1.17 bits per heavy atom. The van der Waals surface area contributed by atoms with Gasteiger partial charge in [0, 0.05) is 18.0 Å². The molecule has 2 aromatic rings. The van der Waals surface area contributed by atoms with Crippen LogP contribution >= 0.6 is 0 Å². The molecule has 0 N–H and O–H groups in total. The lowest BCUT2D eigenvalue weighted by molar-refractivity contribution is -0.171. The second kappa shape index (κ2) is 6.95. The predicted octanol–water partition coefficient (Wildman–Crippen LogP) is 2.63. The van der Waals surface area contributed by atoms with Crippen LogP contribution in [0.5, 0.6) is 0 Å². The number of nitrogens with zero attached hydrogens (tertiary/aromatic N) is 1. The van der Waals surface area contributed by atoms with Gasteiger partial charge in [-0.1, -0.05) is 30.3 Å². The van der Waals surface area contributed by atoms with Crippen molar-refractivity contribution in [2.75, 3.05) is 6.61 Å². The largest absolute Gasteiger partial charge is 0.462 e. The highest BCUT2D eigenvalue weighted by Crippen LogP contribution is 2.35. The molecule has 1 atom stereocenters. The molecule has 122 valence electrons. The van der Waals surface area contributed by atoms with Crippen LogP contribution in [0.2, 0.25) is 0 Å². The summed E-state index contributed by atoms with van der Waals surface area (Å²) in [5, 5.41) is 0. The zero-order chi connectivity index (χ0) is 16.9. The minimum absolute atomic E-state index is 0.138. The van der Waals surface area contributed by atoms with Crippen molar-refractivity contribution in [3.63, 3.8) is 0 Å². The Balaban J connectivity index is 2.05. The minimum Gasteiger partial charge on any atom is -0.462 e. The molecule has 1 aliphatic rings. The van der Waals surface area contributed by atoms with Gasteiger partial charge >= 0.3 is 11.9 Å². The van der Waals surface area contributed by atoms with Gasteiger partial charge in [-0.3, -0.25) is 4.98 Å². The van der Waals surface area contributed by atoms with Crippen LogP contribution in [0.15, 0.2) is 60.4 Å². The Kier molecular flexibility index (Phi) is 4.56. The van der Waals surface area contributed by atoms with Crippen molar-refractivity contribution in [2.24, 2.45) is 0 Å². The molecule has 0 spiro atoms. The summed E-state index contributed by atoms with van der Waals surface area (Å²) in [5.74, 6) is -1.42. The minimum atomic E-state index is -0.973. The average Bonchev–Trinajstić information content (AvgIpc) is 2.62. The van der Waals surface area contributed by atoms with E-state index in [9.17, 15) is 9.59 Å². The highest BCUT2D eigenvalue weighted by Gasteiger charge is 2.37. The predicted molar refractivity (Wildman–Crippen MR) is 84.2 cm³/mol. The average molecular weight is 325 g/mol. The van der Waals surface area contributed by atoms with E-state index in [2.05, 4.69) is 4.98 Å². The highest BCUT2D eigenvalue weighted by atomic mass is 16.7. The zero-order valence-corrected chi connectivity index (χ0v) is 13.0. The number of hydrogen-bond donors (Lipinski definition) is 0. The van der Waals surface area contributed by atoms with Gasteiger partial charge in [-0.05, 0) is 19.1 Å². The maximum absolute atomic E-state index is 12.4. The standard InChI is InChI=1S/C18H15NO5/c1-2-22-16(20)14-15(12-7-4-3-5-8-12)23-18(24-17(14)21)13-9-6-10-19-11-13/h3-11,18H,2H2,1H3. The number of pyridine rings is 1. The second-order valence-corrected chi connectivity index (χ2v) is 4.93. The van der Waals surface area contributed by atoms with Crippen molar-refractivity contribution in [1.82, 2.24) is 4.98 Å². The summed E-state index contributed by atoms with van der Waals surface area (Å²) in [6.07, 6.45) is 2.17. The van der Waals surface area contributed by atoms with E-state index in [1.54, 1.807) is 49.5 Å². The van der Waals surface area contributed by atoms with Crippen LogP contribution in [0, 0.1) is 0 Å². The number of hydrogen-bond acceptors (Lipinski definition) is 6. The summed E-state index contributed by atoms with van der Waals surface area (Å²) in [5.41, 5.74) is 0.913. The fourth-order valence-corrected chi connectivity index (χ4v) is 2.27. The molecule has 0 radical (unpaired) electrons. The van der Waals surface area contributed by atoms with Crippen molar-refractivity contribution in [3.05, 3.63) is 71.6 Å². The number of carbonyl (C=O) groups is 2. The topological polar surface area (TPSA) is 74.7 Å². The molecule has 2 heterocycles. The molecule has 1 aliphatic heterocycles. The van der Waals surface area contributed by atoms with Gasteiger partial charge in [-0.15, -0.1) is 0 Å². The Labute approximate surface area is 138 Å². The lowest BCUT2D eigenvalue weighted by Gasteiger charge is -2.27. The molecule has 0 bridgehead atoms. The second-order valence-electron chi connectivity index (χ2n) is 4.93. The first-order valence-electron chi connectivity index (χ1n) is 7.45. The molecule has 1 aromatic carbocycles. The number of benzene rings is 1. The Bertz CT molecular complexity index is 771. The van der Waals surface area contributed by atoms with E-state index < -0.39 is 18.2 Å². The summed E-state index contributed by atoms with van der Waals surface area (Å²) in [6, 6.07) is 12.3. The van der Waals surface area contributed by atoms with Crippen molar-refractivity contribution in [1.29, 1.82) is 0 Å². The van der Waals surface area contributed by atoms with E-state index in [1.165, 1.54) is 6.20 Å². The van der Waals surface area contributed by atoms with E-state index in [0.717, 1.165) is 0 Å². The highest BCUT2D eigenvalue weighted by molar-refractivity contribution is 6.19. The number of ether oxygens (including phenoxy) is 3. The van der Waals surface area contributed by atoms with E-state index in [0.29, 0.717) is 11.1 Å². The van der Waals surface area contributed by atoms with Gasteiger partial charge < -0.3 is 14.2 Å². The normalized spacial score (nSPS) is 17.0. The van der Waals surface area contributed by atoms with Gasteiger partial charge in [0.05, 0.1) is 12.2 Å². The first-order valence-corrected chi connectivity index (χ1v) is 7.45. The third-order valence-electron chi connectivity index (χ3n) is 3.34. The van der Waals surface area contributed by atoms with Crippen molar-refractivity contribution >= 4 is 17.7 Å². The molecule has 1 aromatic heterocycles. The van der Waals surface area contributed by atoms with Gasteiger partial charge in [0.2, 0.25) is 0 Å². The maximum atomic E-state index is 12.4. The number of carbonyl (C=O) groups excluding carboxylic acids is 2. The van der Waals surface area contributed by atoms with Crippen LogP contribution < -0.4 is 0 Å². The van der Waals surface area contributed by atoms with Crippen molar-refractivity contribution in [3.8, 4) is 0 Å². The molecule has 0 fully saturated rings. The fourth-order valence-electron chi connectivity index (χ4n) is 2.27. The lowest BCUT2D eigenvalue weighted by Crippen LogP contribution is -2.28. The summed E-state index contributed by atoms with van der Waals surface area (Å²) in [7, 11) is 0. The van der Waals surface area contributed by atoms with Gasteiger partial charge in [-0.25, -0.2) is 9.59 Å². The Hall–Kier alpha value is -3.15. The fraction of sp³-hybridized carbons (Fsp3) is 0.167. The summed E-state index contributed by atoms with van der Waals surface area (Å²) in [4.78, 5) is 28.5. The van der Waals surface area contributed by atoms with Crippen LogP contribution in [-0.4, -0.2) is 23.5 Å². The van der Waals surface area contributed by atoms with Gasteiger partial charge in [0.1, 0.15) is 0 Å². The molecule has 0 saturated heterocycles. The quantitative estimate of drug-likeness (QED) is 0.635. The summed E-state index contributed by atoms with van der Waals surface area (Å²) < 4.78 is 16.0. The molecule has 0 aliphatic carbocycles. The third-order valence-corrected chi connectivity index (χ3v) is 3.34. The van der Waals surface area contributed by atoms with Crippen LogP contribution in [0.25, 0.3) is 5.76 Å². The van der Waals surface area contributed by atoms with Gasteiger partial charge in [-0.2, -0.15) is 0 Å². The smallest absolute Gasteiger partial charge is 0.352 e. The van der Waals surface area contributed by atoms with E-state index in [1.807, 2.05) is 6.07 Å². The summed E-state index contributed by atoms with van der Waals surface area (Å²) >= 11 is 0. The molecule has 1 unspecified atom stereocenters. The Morgan fingerprint density at radius 2 is 1.96 bits per heavy atom. The van der Waals surface area contributed by atoms with E-state index >= 15 is 0 Å². The molecule has 6 heteroatoms. The number of aromatic nitrogens is 1. The zero-order valence-electron chi connectivity index (χ0n) is 13.0. The molecule has 24 heavy (non-hydrogen) atoms. The van der Waals surface area contributed by atoms with E-state index in [-0.39, 0.29) is 17.9 Å². The molecule has 0 amide bonds.